The van der Waals surface area contributed by atoms with Gasteiger partial charge in [0.15, 0.2) is 0 Å². The lowest BCUT2D eigenvalue weighted by Gasteiger charge is -2.43. The van der Waals surface area contributed by atoms with Crippen molar-refractivity contribution >= 4 is 17.6 Å². The van der Waals surface area contributed by atoms with Crippen molar-refractivity contribution in [3.63, 3.8) is 0 Å². The molecule has 1 fully saturated rings. The number of nitrogens with two attached hydrogens (primary N) is 1. The number of methoxy groups -OCH3 is 1. The third kappa shape index (κ3) is 6.82. The van der Waals surface area contributed by atoms with Gasteiger partial charge < -0.3 is 25.4 Å². The SMILES string of the molecule is COC(=O)C1=C(N)NC(C)=C(C(=O)OCCCCN2CCC(c3ccccc3)(c3ccccc3)CC2)C1c1cccc([N+](=O)[O-])c1. The minimum atomic E-state index is -0.996. The quantitative estimate of drug-likeness (QED) is 0.126. The van der Waals surface area contributed by atoms with Crippen molar-refractivity contribution in [3.8, 4) is 0 Å². The summed E-state index contributed by atoms with van der Waals surface area (Å²) in [6, 6.07) is 27.3. The number of dihydropyridines is 1. The summed E-state index contributed by atoms with van der Waals surface area (Å²) < 4.78 is 10.7. The molecule has 3 N–H and O–H groups in total. The predicted molar refractivity (Wildman–Crippen MR) is 174 cm³/mol. The minimum Gasteiger partial charge on any atom is -0.466 e. The fourth-order valence-corrected chi connectivity index (χ4v) is 6.71. The Kier molecular flexibility index (Phi) is 10.2. The average molecular weight is 625 g/mol. The topological polar surface area (TPSA) is 137 Å². The van der Waals surface area contributed by atoms with E-state index >= 15 is 0 Å². The first-order valence-corrected chi connectivity index (χ1v) is 15.6. The molecule has 0 amide bonds. The first kappa shape index (κ1) is 32.4. The van der Waals surface area contributed by atoms with Crippen LogP contribution < -0.4 is 11.1 Å². The lowest BCUT2D eigenvalue weighted by molar-refractivity contribution is -0.384. The average Bonchev–Trinajstić information content (AvgIpc) is 3.08. The number of piperidine rings is 1. The van der Waals surface area contributed by atoms with Gasteiger partial charge in [0.05, 0.1) is 35.7 Å². The summed E-state index contributed by atoms with van der Waals surface area (Å²) >= 11 is 0. The number of likely N-dealkylation sites (tertiary alicyclic amines) is 1. The standard InChI is InChI=1S/C36H40N4O6/c1-25-30(31(32(33(37)38-25)34(41)45-2)26-12-11-17-29(24-26)40(43)44)35(42)46-23-10-9-20-39-21-18-36(19-22-39,27-13-5-3-6-14-27)28-15-7-4-8-16-28/h3-8,11-17,24,31,38H,9-10,18-23,37H2,1-2H3. The van der Waals surface area contributed by atoms with Gasteiger partial charge >= 0.3 is 11.9 Å². The Morgan fingerprint density at radius 2 is 1.57 bits per heavy atom. The zero-order chi connectivity index (χ0) is 32.7. The van der Waals surface area contributed by atoms with E-state index in [2.05, 4.69) is 70.9 Å². The van der Waals surface area contributed by atoms with Crippen molar-refractivity contribution in [2.24, 2.45) is 5.73 Å². The molecule has 0 bridgehead atoms. The summed E-state index contributed by atoms with van der Waals surface area (Å²) in [5.41, 5.74) is 9.60. The highest BCUT2D eigenvalue weighted by Gasteiger charge is 2.39. The molecule has 1 atom stereocenters. The van der Waals surface area contributed by atoms with Gasteiger partial charge in [0.1, 0.15) is 5.82 Å². The normalized spacial score (nSPS) is 18.1. The molecule has 0 aromatic heterocycles. The fraction of sp³-hybridized carbons (Fsp3) is 0.333. The van der Waals surface area contributed by atoms with E-state index < -0.39 is 22.8 Å². The fourth-order valence-electron chi connectivity index (χ4n) is 6.71. The van der Waals surface area contributed by atoms with Gasteiger partial charge in [-0.3, -0.25) is 10.1 Å². The number of rotatable bonds is 11. The molecule has 0 spiro atoms. The molecular formula is C36H40N4O6. The van der Waals surface area contributed by atoms with Crippen molar-refractivity contribution in [2.45, 2.75) is 43.9 Å². The first-order chi connectivity index (χ1) is 22.2. The number of hydrogen-bond donors (Lipinski definition) is 2. The number of nitrogens with one attached hydrogen (secondary N) is 1. The highest BCUT2D eigenvalue weighted by molar-refractivity contribution is 5.99. The number of ether oxygens (including phenoxy) is 2. The van der Waals surface area contributed by atoms with E-state index in [1.54, 1.807) is 13.0 Å². The largest absolute Gasteiger partial charge is 0.466 e. The van der Waals surface area contributed by atoms with Gasteiger partial charge in [-0.25, -0.2) is 9.59 Å². The Hall–Kier alpha value is -4.96. The number of nitro benzene ring substituents is 1. The monoisotopic (exact) mass is 624 g/mol. The summed E-state index contributed by atoms with van der Waals surface area (Å²) in [5, 5.41) is 14.4. The highest BCUT2D eigenvalue weighted by atomic mass is 16.6. The van der Waals surface area contributed by atoms with Crippen LogP contribution in [0.15, 0.2) is 108 Å². The third-order valence-electron chi connectivity index (χ3n) is 9.10. The Morgan fingerprint density at radius 3 is 2.15 bits per heavy atom. The summed E-state index contributed by atoms with van der Waals surface area (Å²) in [4.78, 5) is 39.7. The number of esters is 2. The summed E-state index contributed by atoms with van der Waals surface area (Å²) in [5.74, 6) is -2.35. The van der Waals surface area contributed by atoms with Crippen LogP contribution in [0.3, 0.4) is 0 Å². The molecule has 2 heterocycles. The number of non-ortho nitro benzene ring substituents is 1. The highest BCUT2D eigenvalue weighted by Crippen LogP contribution is 2.42. The Balaban J connectivity index is 1.20. The van der Waals surface area contributed by atoms with Gasteiger partial charge in [-0.05, 0) is 68.9 Å². The smallest absolute Gasteiger partial charge is 0.338 e. The number of hydrogen-bond acceptors (Lipinski definition) is 9. The van der Waals surface area contributed by atoms with E-state index in [1.807, 2.05) is 0 Å². The summed E-state index contributed by atoms with van der Waals surface area (Å²) in [6.07, 6.45) is 3.55. The van der Waals surface area contributed by atoms with Gasteiger partial charge in [0.25, 0.3) is 5.69 Å². The van der Waals surface area contributed by atoms with Crippen molar-refractivity contribution in [1.29, 1.82) is 0 Å². The van der Waals surface area contributed by atoms with Crippen LogP contribution in [-0.4, -0.2) is 55.1 Å². The maximum Gasteiger partial charge on any atom is 0.338 e. The molecule has 0 aliphatic carbocycles. The molecular weight excluding hydrogens is 584 g/mol. The van der Waals surface area contributed by atoms with Crippen LogP contribution >= 0.6 is 0 Å². The number of unbranched alkanes of at least 4 members (excludes halogenated alkanes) is 1. The lowest BCUT2D eigenvalue weighted by atomic mass is 9.68. The zero-order valence-corrected chi connectivity index (χ0v) is 26.2. The molecule has 2 aliphatic rings. The Morgan fingerprint density at radius 1 is 0.935 bits per heavy atom. The molecule has 1 saturated heterocycles. The molecule has 1 unspecified atom stereocenters. The second-order valence-electron chi connectivity index (χ2n) is 11.8. The van der Waals surface area contributed by atoms with Crippen molar-refractivity contribution in [1.82, 2.24) is 10.2 Å². The number of allylic oxidation sites excluding steroid dienone is 1. The van der Waals surface area contributed by atoms with Crippen LogP contribution in [0.4, 0.5) is 5.69 Å². The summed E-state index contributed by atoms with van der Waals surface area (Å²) in [7, 11) is 1.21. The van der Waals surface area contributed by atoms with Crippen LogP contribution in [0.1, 0.15) is 55.2 Å². The van der Waals surface area contributed by atoms with E-state index in [0.717, 1.165) is 38.9 Å². The maximum atomic E-state index is 13.5. The molecule has 10 nitrogen and oxygen atoms in total. The second-order valence-corrected chi connectivity index (χ2v) is 11.8. The van der Waals surface area contributed by atoms with E-state index in [1.165, 1.54) is 36.4 Å². The van der Waals surface area contributed by atoms with Crippen LogP contribution in [0.5, 0.6) is 0 Å². The molecule has 0 saturated carbocycles. The number of benzene rings is 3. The lowest BCUT2D eigenvalue weighted by Crippen LogP contribution is -2.43. The second kappa shape index (κ2) is 14.4. The number of nitro groups is 1. The zero-order valence-electron chi connectivity index (χ0n) is 26.2. The molecule has 3 aromatic carbocycles. The van der Waals surface area contributed by atoms with Gasteiger partial charge in [-0.2, -0.15) is 0 Å². The van der Waals surface area contributed by atoms with E-state index in [4.69, 9.17) is 15.2 Å². The van der Waals surface area contributed by atoms with E-state index in [9.17, 15) is 19.7 Å². The summed E-state index contributed by atoms with van der Waals surface area (Å²) in [6.45, 7) is 4.67. The number of nitrogens with zero attached hydrogens (tertiary/aromatic N) is 2. The number of carbonyl (C=O) groups excluding carboxylic acids is 2. The van der Waals surface area contributed by atoms with Crippen LogP contribution in [-0.2, 0) is 24.5 Å². The Labute approximate surface area is 269 Å². The van der Waals surface area contributed by atoms with E-state index in [-0.39, 0.29) is 34.7 Å². The van der Waals surface area contributed by atoms with Gasteiger partial charge in [0, 0.05) is 23.2 Å². The van der Waals surface area contributed by atoms with Crippen molar-refractivity contribution < 1.29 is 24.0 Å². The predicted octanol–water partition coefficient (Wildman–Crippen LogP) is 5.30. The minimum absolute atomic E-state index is 0.00673. The number of carbonyl (C=O) groups is 2. The molecule has 10 heteroatoms. The first-order valence-electron chi connectivity index (χ1n) is 15.6. The molecule has 240 valence electrons. The van der Waals surface area contributed by atoms with Crippen LogP contribution in [0, 0.1) is 10.1 Å². The van der Waals surface area contributed by atoms with E-state index in [0.29, 0.717) is 17.7 Å². The molecule has 5 rings (SSSR count). The van der Waals surface area contributed by atoms with Crippen molar-refractivity contribution in [3.05, 3.63) is 134 Å². The maximum absolute atomic E-state index is 13.5. The molecule has 2 aliphatic heterocycles. The molecule has 46 heavy (non-hydrogen) atoms. The van der Waals surface area contributed by atoms with Gasteiger partial charge in [-0.1, -0.05) is 72.8 Å². The Bertz CT molecular complexity index is 1590. The third-order valence-corrected chi connectivity index (χ3v) is 9.10. The van der Waals surface area contributed by atoms with Gasteiger partial charge in [0.2, 0.25) is 0 Å². The molecule has 0 radical (unpaired) electrons. The van der Waals surface area contributed by atoms with Crippen LogP contribution in [0.2, 0.25) is 0 Å². The molecule has 3 aromatic rings. The van der Waals surface area contributed by atoms with Gasteiger partial charge in [-0.15, -0.1) is 0 Å². The van der Waals surface area contributed by atoms with Crippen molar-refractivity contribution in [2.75, 3.05) is 33.4 Å². The van der Waals surface area contributed by atoms with Crippen LogP contribution in [0.25, 0.3) is 0 Å².